The van der Waals surface area contributed by atoms with Gasteiger partial charge in [0, 0.05) is 17.5 Å². The smallest absolute Gasteiger partial charge is 0.354 e. The molecule has 1 aromatic heterocycles. The number of thiazole rings is 1. The molecule has 0 N–H and O–H groups in total. The first kappa shape index (κ1) is 17.2. The van der Waals surface area contributed by atoms with Gasteiger partial charge in [-0.2, -0.15) is 5.26 Å². The highest BCUT2D eigenvalue weighted by Gasteiger charge is 2.33. The second-order valence-electron chi connectivity index (χ2n) is 6.24. The average Bonchev–Trinajstić information content (AvgIpc) is 3.13. The van der Waals surface area contributed by atoms with Gasteiger partial charge < -0.3 is 14.2 Å². The van der Waals surface area contributed by atoms with Crippen LogP contribution in [0.25, 0.3) is 10.6 Å². The average molecular weight is 358 g/mol. The number of hydrogen-bond donors (Lipinski definition) is 0. The van der Waals surface area contributed by atoms with Crippen molar-refractivity contribution in [2.45, 2.75) is 32.8 Å². The standard InChI is InChI=1S/C18H18N2O4S/c1-5-23-17(21)14-15(22-4)20-16(25-14)10-6-11-8-18(2,3)24-13(11)12(7-10)9-19/h6-7H,5,8H2,1-4H3. The number of nitriles is 1. The van der Waals surface area contributed by atoms with E-state index in [1.807, 2.05) is 19.9 Å². The number of rotatable bonds is 4. The molecule has 1 aliphatic heterocycles. The van der Waals surface area contributed by atoms with E-state index in [-0.39, 0.29) is 18.1 Å². The van der Waals surface area contributed by atoms with Crippen LogP contribution >= 0.6 is 11.3 Å². The molecule has 1 aliphatic rings. The fourth-order valence-electron chi connectivity index (χ4n) is 2.81. The number of fused-ring (bicyclic) bond motifs is 1. The van der Waals surface area contributed by atoms with E-state index in [4.69, 9.17) is 14.2 Å². The predicted octanol–water partition coefficient (Wildman–Crippen LogP) is 3.58. The molecule has 1 aromatic carbocycles. The molecule has 0 atom stereocenters. The highest BCUT2D eigenvalue weighted by atomic mass is 32.1. The van der Waals surface area contributed by atoms with Crippen molar-refractivity contribution in [2.24, 2.45) is 0 Å². The second-order valence-corrected chi connectivity index (χ2v) is 7.24. The Balaban J connectivity index is 2.07. The maximum absolute atomic E-state index is 12.1. The molecule has 0 unspecified atom stereocenters. The third kappa shape index (κ3) is 3.17. The van der Waals surface area contributed by atoms with Crippen LogP contribution in [0.15, 0.2) is 12.1 Å². The van der Waals surface area contributed by atoms with Crippen LogP contribution in [0.1, 0.15) is 41.6 Å². The molecule has 2 aromatic rings. The normalized spacial score (nSPS) is 14.4. The van der Waals surface area contributed by atoms with Gasteiger partial charge in [0.05, 0.1) is 19.3 Å². The number of ether oxygens (including phenoxy) is 3. The summed E-state index contributed by atoms with van der Waals surface area (Å²) in [6.45, 7) is 5.99. The van der Waals surface area contributed by atoms with E-state index in [1.165, 1.54) is 18.4 Å². The number of methoxy groups -OCH3 is 1. The Labute approximate surface area is 150 Å². The van der Waals surface area contributed by atoms with Crippen LogP contribution in [0.2, 0.25) is 0 Å². The lowest BCUT2D eigenvalue weighted by Crippen LogP contribution is -2.24. The molecule has 0 saturated carbocycles. The third-order valence-electron chi connectivity index (χ3n) is 3.78. The molecule has 0 amide bonds. The molecular formula is C18H18N2O4S. The van der Waals surface area contributed by atoms with Crippen molar-refractivity contribution in [3.8, 4) is 28.3 Å². The fourth-order valence-corrected chi connectivity index (χ4v) is 3.73. The van der Waals surface area contributed by atoms with E-state index in [0.29, 0.717) is 27.6 Å². The Hall–Kier alpha value is -2.59. The molecule has 0 radical (unpaired) electrons. The Morgan fingerprint density at radius 3 is 2.88 bits per heavy atom. The minimum atomic E-state index is -0.464. The predicted molar refractivity (Wildman–Crippen MR) is 93.2 cm³/mol. The molecule has 25 heavy (non-hydrogen) atoms. The molecule has 6 nitrogen and oxygen atoms in total. The minimum Gasteiger partial charge on any atom is -0.486 e. The summed E-state index contributed by atoms with van der Waals surface area (Å²) in [4.78, 5) is 16.8. The van der Waals surface area contributed by atoms with Crippen LogP contribution in [0.4, 0.5) is 0 Å². The van der Waals surface area contributed by atoms with E-state index in [2.05, 4.69) is 11.1 Å². The van der Waals surface area contributed by atoms with Gasteiger partial charge >= 0.3 is 5.97 Å². The maximum atomic E-state index is 12.1. The molecule has 0 fully saturated rings. The Bertz CT molecular complexity index is 880. The number of aromatic nitrogens is 1. The van der Waals surface area contributed by atoms with Crippen LogP contribution < -0.4 is 9.47 Å². The summed E-state index contributed by atoms with van der Waals surface area (Å²) in [6.07, 6.45) is 0.706. The van der Waals surface area contributed by atoms with Crippen molar-refractivity contribution in [2.75, 3.05) is 13.7 Å². The summed E-state index contributed by atoms with van der Waals surface area (Å²) in [5, 5.41) is 10.1. The highest BCUT2D eigenvalue weighted by molar-refractivity contribution is 7.17. The molecule has 0 spiro atoms. The van der Waals surface area contributed by atoms with E-state index in [9.17, 15) is 10.1 Å². The van der Waals surface area contributed by atoms with Crippen molar-refractivity contribution >= 4 is 17.3 Å². The van der Waals surface area contributed by atoms with E-state index in [0.717, 1.165) is 11.1 Å². The summed E-state index contributed by atoms with van der Waals surface area (Å²) in [5.74, 6) is 0.397. The quantitative estimate of drug-likeness (QED) is 0.777. The lowest BCUT2D eigenvalue weighted by atomic mass is 9.98. The van der Waals surface area contributed by atoms with Crippen LogP contribution in [0.3, 0.4) is 0 Å². The number of esters is 1. The summed E-state index contributed by atoms with van der Waals surface area (Å²) in [5.41, 5.74) is 1.84. The van der Waals surface area contributed by atoms with Crippen LogP contribution in [-0.4, -0.2) is 30.3 Å². The van der Waals surface area contributed by atoms with Gasteiger partial charge in [-0.15, -0.1) is 11.3 Å². The Morgan fingerprint density at radius 1 is 1.48 bits per heavy atom. The van der Waals surface area contributed by atoms with Crippen LogP contribution in [0, 0.1) is 11.3 Å². The molecule has 2 heterocycles. The summed E-state index contributed by atoms with van der Waals surface area (Å²) >= 11 is 1.19. The van der Waals surface area contributed by atoms with E-state index < -0.39 is 5.97 Å². The molecule has 3 rings (SSSR count). The zero-order chi connectivity index (χ0) is 18.2. The van der Waals surface area contributed by atoms with Gasteiger partial charge in [-0.3, -0.25) is 0 Å². The van der Waals surface area contributed by atoms with Crippen molar-refractivity contribution in [3.05, 3.63) is 28.1 Å². The lowest BCUT2D eigenvalue weighted by Gasteiger charge is -2.17. The Kier molecular flexibility index (Phi) is 4.39. The summed E-state index contributed by atoms with van der Waals surface area (Å²) in [6, 6.07) is 5.87. The number of benzene rings is 1. The first-order chi connectivity index (χ1) is 11.9. The molecular weight excluding hydrogens is 340 g/mol. The fraction of sp³-hybridized carbons (Fsp3) is 0.389. The zero-order valence-electron chi connectivity index (χ0n) is 14.5. The van der Waals surface area contributed by atoms with Crippen molar-refractivity contribution in [3.63, 3.8) is 0 Å². The summed E-state index contributed by atoms with van der Waals surface area (Å²) < 4.78 is 16.1. The number of carbonyl (C=O) groups is 1. The highest BCUT2D eigenvalue weighted by Crippen LogP contribution is 2.42. The molecule has 0 saturated heterocycles. The van der Waals surface area contributed by atoms with Gasteiger partial charge in [0.1, 0.15) is 22.4 Å². The van der Waals surface area contributed by atoms with Crippen LogP contribution in [-0.2, 0) is 11.2 Å². The topological polar surface area (TPSA) is 81.4 Å². The van der Waals surface area contributed by atoms with Gasteiger partial charge in [0.15, 0.2) is 4.88 Å². The van der Waals surface area contributed by atoms with Crippen molar-refractivity contribution in [1.82, 2.24) is 4.98 Å². The van der Waals surface area contributed by atoms with Gasteiger partial charge in [0.25, 0.3) is 0 Å². The number of hydrogen-bond acceptors (Lipinski definition) is 7. The van der Waals surface area contributed by atoms with E-state index >= 15 is 0 Å². The maximum Gasteiger partial charge on any atom is 0.354 e. The SMILES string of the molecule is CCOC(=O)c1sc(-c2cc(C#N)c3c(c2)CC(C)(C)O3)nc1OC. The minimum absolute atomic E-state index is 0.231. The second kappa shape index (κ2) is 6.37. The summed E-state index contributed by atoms with van der Waals surface area (Å²) in [7, 11) is 1.46. The Morgan fingerprint density at radius 2 is 2.24 bits per heavy atom. The number of nitrogens with zero attached hydrogens (tertiary/aromatic N) is 2. The first-order valence-corrected chi connectivity index (χ1v) is 8.68. The van der Waals surface area contributed by atoms with E-state index in [1.54, 1.807) is 13.0 Å². The lowest BCUT2D eigenvalue weighted by molar-refractivity contribution is 0.0528. The van der Waals surface area contributed by atoms with Gasteiger partial charge in [0.2, 0.25) is 5.88 Å². The largest absolute Gasteiger partial charge is 0.486 e. The number of carbonyl (C=O) groups excluding carboxylic acids is 1. The molecule has 0 bridgehead atoms. The van der Waals surface area contributed by atoms with Crippen molar-refractivity contribution < 1.29 is 19.0 Å². The molecule has 7 heteroatoms. The zero-order valence-corrected chi connectivity index (χ0v) is 15.3. The first-order valence-electron chi connectivity index (χ1n) is 7.87. The van der Waals surface area contributed by atoms with Gasteiger partial charge in [-0.1, -0.05) is 0 Å². The van der Waals surface area contributed by atoms with Crippen molar-refractivity contribution in [1.29, 1.82) is 5.26 Å². The molecule has 130 valence electrons. The van der Waals surface area contributed by atoms with Crippen LogP contribution in [0.5, 0.6) is 11.6 Å². The monoisotopic (exact) mass is 358 g/mol. The molecule has 0 aliphatic carbocycles. The van der Waals surface area contributed by atoms with Gasteiger partial charge in [-0.25, -0.2) is 9.78 Å². The van der Waals surface area contributed by atoms with Gasteiger partial charge in [-0.05, 0) is 32.9 Å². The third-order valence-corrected chi connectivity index (χ3v) is 4.84.